The number of ether oxygens (including phenoxy) is 2. The number of benzene rings is 2. The van der Waals surface area contributed by atoms with Gasteiger partial charge in [0, 0.05) is 44.6 Å². The minimum Gasteiger partial charge on any atom is -0.481 e. The summed E-state index contributed by atoms with van der Waals surface area (Å²) >= 11 is 6.58. The number of carbonyl (C=O) groups excluding carboxylic acids is 2. The van der Waals surface area contributed by atoms with E-state index in [0.29, 0.717) is 82.5 Å². The Bertz CT molecular complexity index is 1580. The van der Waals surface area contributed by atoms with Crippen LogP contribution in [0.25, 0.3) is 11.0 Å². The standard InChI is InChI=1S/C34H39ClFN3O7/c35-27-18-23(28(36)20-29(27)37-32(41)26-21-45-30-7-2-1-6-25(26)30)19-31(40)34(38-12-3-4-13-38,39-14-5-16-44-17-15-39)46-24-10-8-22(9-11-24)33(42)43/h1-2,6-7,18,20-22,24H,3-5,8-17,19H2,(H,37,41)(H,42,43)/t22-,24-,34?. The number of rotatable bonds is 10. The molecule has 3 fully saturated rings. The molecule has 2 aromatic carbocycles. The molecule has 1 aromatic heterocycles. The number of halogens is 2. The Morgan fingerprint density at radius 1 is 1.00 bits per heavy atom. The van der Waals surface area contributed by atoms with Crippen molar-refractivity contribution >= 4 is 45.9 Å². The van der Waals surface area contributed by atoms with Crippen LogP contribution in [-0.4, -0.2) is 83.9 Å². The van der Waals surface area contributed by atoms with Crippen LogP contribution in [-0.2, 0) is 25.5 Å². The van der Waals surface area contributed by atoms with E-state index in [1.807, 2.05) is 4.90 Å². The first kappa shape index (κ1) is 32.6. The molecule has 1 aliphatic carbocycles. The van der Waals surface area contributed by atoms with Crippen molar-refractivity contribution in [2.24, 2.45) is 5.92 Å². The Kier molecular flexibility index (Phi) is 10.0. The third-order valence-corrected chi connectivity index (χ3v) is 9.68. The topological polar surface area (TPSA) is 122 Å². The largest absolute Gasteiger partial charge is 0.481 e. The molecule has 2 N–H and O–H groups in total. The predicted molar refractivity (Wildman–Crippen MR) is 169 cm³/mol. The van der Waals surface area contributed by atoms with E-state index in [4.69, 9.17) is 25.5 Å². The number of carbonyl (C=O) groups is 3. The molecule has 3 aliphatic rings. The van der Waals surface area contributed by atoms with E-state index < -0.39 is 29.5 Å². The number of likely N-dealkylation sites (tertiary alicyclic amines) is 1. The molecule has 1 saturated carbocycles. The number of amides is 1. The molecule has 2 aliphatic heterocycles. The van der Waals surface area contributed by atoms with E-state index in [9.17, 15) is 19.5 Å². The Morgan fingerprint density at radius 2 is 1.72 bits per heavy atom. The van der Waals surface area contributed by atoms with Crippen molar-refractivity contribution in [3.63, 3.8) is 0 Å². The Hall–Kier alpha value is -3.35. The van der Waals surface area contributed by atoms with Crippen molar-refractivity contribution < 1.29 is 37.8 Å². The summed E-state index contributed by atoms with van der Waals surface area (Å²) in [6.45, 7) is 3.30. The second kappa shape index (κ2) is 14.2. The van der Waals surface area contributed by atoms with Gasteiger partial charge >= 0.3 is 5.97 Å². The number of hydrogen-bond acceptors (Lipinski definition) is 8. The minimum absolute atomic E-state index is 0.0764. The van der Waals surface area contributed by atoms with Crippen molar-refractivity contribution in [1.29, 1.82) is 0 Å². The third-order valence-electron chi connectivity index (χ3n) is 9.36. The summed E-state index contributed by atoms with van der Waals surface area (Å²) < 4.78 is 33.8. The SMILES string of the molecule is O=C(Nc1cc(F)c(CC(=O)C(O[C@H]2CC[C@H](C(=O)O)CC2)(N2CCCC2)N2CCCOCC2)cc1Cl)c1coc2ccccc12. The summed E-state index contributed by atoms with van der Waals surface area (Å²) in [6, 6.07) is 9.61. The summed E-state index contributed by atoms with van der Waals surface area (Å²) in [5, 5.41) is 12.9. The number of Topliss-reactive ketones (excluding diaryl/α,β-unsaturated/α-hetero) is 1. The number of furan rings is 1. The molecule has 0 spiro atoms. The molecular weight excluding hydrogens is 617 g/mol. The lowest BCUT2D eigenvalue weighted by molar-refractivity contribution is -0.256. The Balaban J connectivity index is 1.27. The first-order valence-electron chi connectivity index (χ1n) is 16.0. The van der Waals surface area contributed by atoms with Gasteiger partial charge in [0.25, 0.3) is 5.91 Å². The van der Waals surface area contributed by atoms with Crippen molar-refractivity contribution in [3.8, 4) is 0 Å². The first-order valence-corrected chi connectivity index (χ1v) is 16.4. The maximum Gasteiger partial charge on any atom is 0.306 e. The van der Waals surface area contributed by atoms with Crippen LogP contribution in [0.2, 0.25) is 5.02 Å². The van der Waals surface area contributed by atoms with Crippen molar-refractivity contribution in [2.45, 2.75) is 63.3 Å². The molecule has 3 heterocycles. The molecule has 10 nitrogen and oxygen atoms in total. The molecule has 246 valence electrons. The number of carboxylic acids is 1. The van der Waals surface area contributed by atoms with Gasteiger partial charge in [-0.25, -0.2) is 4.39 Å². The molecular formula is C34H39ClFN3O7. The van der Waals surface area contributed by atoms with Gasteiger partial charge < -0.3 is 24.3 Å². The van der Waals surface area contributed by atoms with E-state index >= 15 is 4.39 Å². The highest BCUT2D eigenvalue weighted by Gasteiger charge is 2.52. The number of para-hydroxylation sites is 1. The average molecular weight is 656 g/mol. The van der Waals surface area contributed by atoms with Crippen molar-refractivity contribution in [1.82, 2.24) is 9.80 Å². The number of fused-ring (bicyclic) bond motifs is 1. The lowest BCUT2D eigenvalue weighted by atomic mass is 9.87. The molecule has 2 saturated heterocycles. The molecule has 1 amide bonds. The predicted octanol–water partition coefficient (Wildman–Crippen LogP) is 5.72. The van der Waals surface area contributed by atoms with Crippen LogP contribution in [0.3, 0.4) is 0 Å². The monoisotopic (exact) mass is 655 g/mol. The summed E-state index contributed by atoms with van der Waals surface area (Å²) in [6.07, 6.45) is 5.22. The summed E-state index contributed by atoms with van der Waals surface area (Å²) in [5.74, 6) is -4.19. The van der Waals surface area contributed by atoms with Crippen LogP contribution in [0, 0.1) is 11.7 Å². The fraction of sp³-hybridized carbons (Fsp3) is 0.500. The van der Waals surface area contributed by atoms with Gasteiger partial charge in [-0.1, -0.05) is 29.8 Å². The molecule has 0 bridgehead atoms. The third kappa shape index (κ3) is 6.70. The van der Waals surface area contributed by atoms with E-state index in [1.165, 1.54) is 12.3 Å². The van der Waals surface area contributed by atoms with Gasteiger partial charge in [0.05, 0.1) is 34.9 Å². The Morgan fingerprint density at radius 3 is 2.48 bits per heavy atom. The number of carboxylic acid groups (broad SMARTS) is 1. The number of aliphatic carboxylic acids is 1. The van der Waals surface area contributed by atoms with Crippen molar-refractivity contribution in [2.75, 3.05) is 44.7 Å². The van der Waals surface area contributed by atoms with Crippen LogP contribution in [0.15, 0.2) is 47.1 Å². The average Bonchev–Trinajstić information content (AvgIpc) is 3.67. The van der Waals surface area contributed by atoms with Gasteiger partial charge in [-0.15, -0.1) is 0 Å². The minimum atomic E-state index is -1.46. The summed E-state index contributed by atoms with van der Waals surface area (Å²) in [5.41, 5.74) is 1.01. The van der Waals surface area contributed by atoms with E-state index in [1.54, 1.807) is 24.3 Å². The molecule has 12 heteroatoms. The number of ketones is 1. The van der Waals surface area contributed by atoms with E-state index in [2.05, 4.69) is 10.2 Å². The molecule has 0 radical (unpaired) electrons. The van der Waals surface area contributed by atoms with Crippen molar-refractivity contribution in [3.05, 3.63) is 64.6 Å². The highest BCUT2D eigenvalue weighted by atomic mass is 35.5. The summed E-state index contributed by atoms with van der Waals surface area (Å²) in [7, 11) is 0. The van der Waals surface area contributed by atoms with Crippen LogP contribution < -0.4 is 5.32 Å². The molecule has 1 unspecified atom stereocenters. The number of hydrogen-bond donors (Lipinski definition) is 2. The van der Waals surface area contributed by atoms with Crippen LogP contribution in [0.5, 0.6) is 0 Å². The molecule has 1 atom stereocenters. The first-order chi connectivity index (χ1) is 22.3. The zero-order valence-corrected chi connectivity index (χ0v) is 26.4. The number of nitrogens with one attached hydrogen (secondary N) is 1. The van der Waals surface area contributed by atoms with Gasteiger partial charge in [-0.3, -0.25) is 24.2 Å². The maximum atomic E-state index is 15.8. The second-order valence-corrected chi connectivity index (χ2v) is 12.7. The van der Waals surface area contributed by atoms with Crippen LogP contribution in [0.1, 0.15) is 60.9 Å². The zero-order chi connectivity index (χ0) is 32.3. The van der Waals surface area contributed by atoms with Gasteiger partial charge in [0.15, 0.2) is 5.78 Å². The lowest BCUT2D eigenvalue weighted by Crippen LogP contribution is -2.68. The molecule has 46 heavy (non-hydrogen) atoms. The molecule has 6 rings (SSSR count). The van der Waals surface area contributed by atoms with Gasteiger partial charge in [0.2, 0.25) is 5.85 Å². The molecule has 3 aromatic rings. The van der Waals surface area contributed by atoms with E-state index in [0.717, 1.165) is 18.9 Å². The fourth-order valence-electron chi connectivity index (χ4n) is 6.95. The van der Waals surface area contributed by atoms with E-state index in [-0.39, 0.29) is 40.1 Å². The van der Waals surface area contributed by atoms with Gasteiger partial charge in [-0.05, 0) is 68.7 Å². The smallest absolute Gasteiger partial charge is 0.306 e. The highest BCUT2D eigenvalue weighted by Crippen LogP contribution is 2.37. The lowest BCUT2D eigenvalue weighted by Gasteiger charge is -2.49. The normalized spacial score (nSPS) is 22.7. The van der Waals surface area contributed by atoms with Crippen LogP contribution >= 0.6 is 11.6 Å². The quantitative estimate of drug-likeness (QED) is 0.282. The maximum absolute atomic E-state index is 15.8. The Labute approximate surface area is 271 Å². The van der Waals surface area contributed by atoms with Gasteiger partial charge in [-0.2, -0.15) is 0 Å². The number of nitrogens with zero attached hydrogens (tertiary/aromatic N) is 2. The zero-order valence-electron chi connectivity index (χ0n) is 25.6. The fourth-order valence-corrected chi connectivity index (χ4v) is 7.18. The van der Waals surface area contributed by atoms with Crippen LogP contribution in [0.4, 0.5) is 10.1 Å². The second-order valence-electron chi connectivity index (χ2n) is 12.3. The number of anilines is 1. The summed E-state index contributed by atoms with van der Waals surface area (Å²) in [4.78, 5) is 43.4. The highest BCUT2D eigenvalue weighted by molar-refractivity contribution is 6.34. The van der Waals surface area contributed by atoms with Gasteiger partial charge in [0.1, 0.15) is 17.7 Å².